The number of aromatic nitrogens is 1. The molecule has 0 aliphatic rings. The van der Waals surface area contributed by atoms with Crippen LogP contribution in [-0.4, -0.2) is 4.37 Å². The van der Waals surface area contributed by atoms with Gasteiger partial charge in [-0.2, -0.15) is 17.5 Å². The molecule has 0 atom stereocenters. The molecule has 1 aromatic heterocycles. The van der Waals surface area contributed by atoms with E-state index in [9.17, 15) is 13.2 Å². The third-order valence-electron chi connectivity index (χ3n) is 2.28. The molecule has 0 bridgehead atoms. The number of hydrogen-bond donors (Lipinski definition) is 2. The molecule has 0 radical (unpaired) electrons. The topological polar surface area (TPSA) is 50.9 Å². The minimum absolute atomic E-state index is 0.426. The minimum Gasteiger partial charge on any atom is -0.383 e. The van der Waals surface area contributed by atoms with Gasteiger partial charge in [0.1, 0.15) is 10.8 Å². The van der Waals surface area contributed by atoms with Gasteiger partial charge in [0.05, 0.1) is 5.56 Å². The summed E-state index contributed by atoms with van der Waals surface area (Å²) in [6.45, 7) is 0.430. The van der Waals surface area contributed by atoms with E-state index >= 15 is 0 Å². The number of anilines is 2. The molecule has 96 valence electrons. The highest BCUT2D eigenvalue weighted by Crippen LogP contribution is 2.29. The lowest BCUT2D eigenvalue weighted by Crippen LogP contribution is -2.05. The molecule has 0 amide bonds. The van der Waals surface area contributed by atoms with Crippen molar-refractivity contribution in [2.45, 2.75) is 12.7 Å². The third kappa shape index (κ3) is 3.13. The fourth-order valence-electron chi connectivity index (χ4n) is 1.37. The molecule has 0 aliphatic carbocycles. The molecule has 0 aliphatic heterocycles. The Morgan fingerprint density at radius 3 is 2.39 bits per heavy atom. The van der Waals surface area contributed by atoms with Gasteiger partial charge in [-0.1, -0.05) is 12.1 Å². The molecule has 3 N–H and O–H groups in total. The smallest absolute Gasteiger partial charge is 0.383 e. The second-order valence-electron chi connectivity index (χ2n) is 3.66. The van der Waals surface area contributed by atoms with Gasteiger partial charge in [-0.3, -0.25) is 0 Å². The van der Waals surface area contributed by atoms with E-state index < -0.39 is 11.7 Å². The third-order valence-corrected chi connectivity index (χ3v) is 3.04. The number of nitrogen functional groups attached to an aromatic ring is 1. The first kappa shape index (κ1) is 12.7. The van der Waals surface area contributed by atoms with E-state index in [0.29, 0.717) is 12.4 Å². The molecule has 3 nitrogen and oxygen atoms in total. The number of benzene rings is 1. The molecule has 2 rings (SSSR count). The van der Waals surface area contributed by atoms with Gasteiger partial charge < -0.3 is 11.1 Å². The normalized spacial score (nSPS) is 11.5. The summed E-state index contributed by atoms with van der Waals surface area (Å²) in [6.07, 6.45) is -4.29. The van der Waals surface area contributed by atoms with E-state index in [1.807, 2.05) is 0 Å². The Labute approximate surface area is 106 Å². The van der Waals surface area contributed by atoms with E-state index in [-0.39, 0.29) is 0 Å². The number of nitrogens with two attached hydrogens (primary N) is 1. The Morgan fingerprint density at radius 2 is 1.89 bits per heavy atom. The van der Waals surface area contributed by atoms with Crippen LogP contribution in [0.25, 0.3) is 0 Å². The van der Waals surface area contributed by atoms with Crippen LogP contribution in [0.1, 0.15) is 11.1 Å². The van der Waals surface area contributed by atoms with Gasteiger partial charge in [-0.25, -0.2) is 0 Å². The number of nitrogens with one attached hydrogen (secondary N) is 1. The maximum absolute atomic E-state index is 12.3. The van der Waals surface area contributed by atoms with Crippen molar-refractivity contribution in [3.63, 3.8) is 0 Å². The Kier molecular flexibility index (Phi) is 3.42. The van der Waals surface area contributed by atoms with Crippen molar-refractivity contribution in [1.82, 2.24) is 4.37 Å². The maximum atomic E-state index is 12.3. The van der Waals surface area contributed by atoms with Crippen LogP contribution < -0.4 is 11.1 Å². The SMILES string of the molecule is Nc1cc(NCc2ccc(C(F)(F)F)cc2)sn1. The van der Waals surface area contributed by atoms with Crippen LogP contribution in [0, 0.1) is 0 Å². The predicted octanol–water partition coefficient (Wildman–Crippen LogP) is 3.36. The van der Waals surface area contributed by atoms with Gasteiger partial charge in [0.25, 0.3) is 0 Å². The van der Waals surface area contributed by atoms with Gasteiger partial charge in [0.15, 0.2) is 0 Å². The summed E-state index contributed by atoms with van der Waals surface area (Å²) in [5, 5.41) is 3.82. The maximum Gasteiger partial charge on any atom is 0.416 e. The van der Waals surface area contributed by atoms with Crippen LogP contribution in [0.5, 0.6) is 0 Å². The molecular formula is C11H10F3N3S. The van der Waals surface area contributed by atoms with Gasteiger partial charge in [-0.15, -0.1) is 0 Å². The molecule has 7 heteroatoms. The Bertz CT molecular complexity index is 519. The van der Waals surface area contributed by atoms with E-state index in [1.165, 1.54) is 23.7 Å². The number of rotatable bonds is 3. The van der Waals surface area contributed by atoms with Crippen molar-refractivity contribution >= 4 is 22.4 Å². The van der Waals surface area contributed by atoms with Crippen LogP contribution in [0.2, 0.25) is 0 Å². The van der Waals surface area contributed by atoms with Crippen LogP contribution in [0.4, 0.5) is 24.0 Å². The number of alkyl halides is 3. The zero-order valence-electron chi connectivity index (χ0n) is 9.16. The summed E-state index contributed by atoms with van der Waals surface area (Å²) in [5.41, 5.74) is 5.56. The molecule has 0 unspecified atom stereocenters. The van der Waals surface area contributed by atoms with Crippen molar-refractivity contribution in [2.75, 3.05) is 11.1 Å². The molecule has 0 fully saturated rings. The van der Waals surface area contributed by atoms with Crippen LogP contribution >= 0.6 is 11.5 Å². The molecule has 0 saturated heterocycles. The molecule has 1 heterocycles. The molecule has 2 aromatic rings. The van der Waals surface area contributed by atoms with Crippen molar-refractivity contribution in [3.8, 4) is 0 Å². The summed E-state index contributed by atoms with van der Waals surface area (Å²) in [5.74, 6) is 0.426. The number of hydrogen-bond acceptors (Lipinski definition) is 4. The van der Waals surface area contributed by atoms with Gasteiger partial charge >= 0.3 is 6.18 Å². The van der Waals surface area contributed by atoms with E-state index in [1.54, 1.807) is 6.07 Å². The number of nitrogens with zero attached hydrogens (tertiary/aromatic N) is 1. The number of halogens is 3. The zero-order chi connectivity index (χ0) is 13.2. The molecule has 18 heavy (non-hydrogen) atoms. The van der Waals surface area contributed by atoms with Crippen molar-refractivity contribution in [3.05, 3.63) is 41.5 Å². The fraction of sp³-hybridized carbons (Fsp3) is 0.182. The van der Waals surface area contributed by atoms with E-state index in [0.717, 1.165) is 22.7 Å². The lowest BCUT2D eigenvalue weighted by Gasteiger charge is -2.08. The summed E-state index contributed by atoms with van der Waals surface area (Å²) in [7, 11) is 0. The molecule has 0 spiro atoms. The molecule has 0 saturated carbocycles. The highest BCUT2D eigenvalue weighted by molar-refractivity contribution is 7.10. The average molecular weight is 273 g/mol. The summed E-state index contributed by atoms with van der Waals surface area (Å²) < 4.78 is 40.9. The Morgan fingerprint density at radius 1 is 1.22 bits per heavy atom. The van der Waals surface area contributed by atoms with Crippen LogP contribution in [0.3, 0.4) is 0 Å². The lowest BCUT2D eigenvalue weighted by molar-refractivity contribution is -0.137. The lowest BCUT2D eigenvalue weighted by atomic mass is 10.1. The Hall–Kier alpha value is -1.76. The zero-order valence-corrected chi connectivity index (χ0v) is 9.98. The second kappa shape index (κ2) is 4.85. The summed E-state index contributed by atoms with van der Waals surface area (Å²) in [6, 6.07) is 6.70. The molecular weight excluding hydrogens is 263 g/mol. The van der Waals surface area contributed by atoms with E-state index in [4.69, 9.17) is 5.73 Å². The minimum atomic E-state index is -4.29. The van der Waals surface area contributed by atoms with Gasteiger partial charge in [-0.05, 0) is 29.2 Å². The van der Waals surface area contributed by atoms with Crippen molar-refractivity contribution in [1.29, 1.82) is 0 Å². The highest BCUT2D eigenvalue weighted by atomic mass is 32.1. The monoisotopic (exact) mass is 273 g/mol. The van der Waals surface area contributed by atoms with E-state index in [2.05, 4.69) is 9.69 Å². The first-order valence-corrected chi connectivity index (χ1v) is 5.85. The van der Waals surface area contributed by atoms with Gasteiger partial charge in [0, 0.05) is 12.6 Å². The predicted molar refractivity (Wildman–Crippen MR) is 65.3 cm³/mol. The van der Waals surface area contributed by atoms with Crippen molar-refractivity contribution in [2.24, 2.45) is 0 Å². The summed E-state index contributed by atoms with van der Waals surface area (Å²) >= 11 is 1.21. The second-order valence-corrected chi connectivity index (χ2v) is 4.47. The fourth-order valence-corrected chi connectivity index (χ4v) is 1.94. The highest BCUT2D eigenvalue weighted by Gasteiger charge is 2.29. The van der Waals surface area contributed by atoms with Crippen LogP contribution in [0.15, 0.2) is 30.3 Å². The standard InChI is InChI=1S/C11H10F3N3S/c12-11(13,14)8-3-1-7(2-4-8)6-16-10-5-9(15)17-18-10/h1-5,16H,6H2,(H2,15,17). The largest absolute Gasteiger partial charge is 0.416 e. The van der Waals surface area contributed by atoms with Crippen molar-refractivity contribution < 1.29 is 13.2 Å². The molecule has 1 aromatic carbocycles. The Balaban J connectivity index is 1.98. The summed E-state index contributed by atoms with van der Waals surface area (Å²) in [4.78, 5) is 0. The van der Waals surface area contributed by atoms with Gasteiger partial charge in [0.2, 0.25) is 0 Å². The quantitative estimate of drug-likeness (QED) is 0.901. The average Bonchev–Trinajstić information content (AvgIpc) is 2.72. The first-order chi connectivity index (χ1) is 8.45. The van der Waals surface area contributed by atoms with Crippen LogP contribution in [-0.2, 0) is 12.7 Å². The first-order valence-electron chi connectivity index (χ1n) is 5.07.